The van der Waals surface area contributed by atoms with Gasteiger partial charge in [0.1, 0.15) is 41.9 Å². The number of carbonyl (C=O) groups excluding carboxylic acids is 9. The molecule has 1 saturated heterocycles. The third-order valence-corrected chi connectivity index (χ3v) is 12.0. The quantitative estimate of drug-likeness (QED) is 0.0130. The Hall–Kier alpha value is -7.31. The van der Waals surface area contributed by atoms with Crippen LogP contribution in [-0.4, -0.2) is 174 Å². The van der Waals surface area contributed by atoms with Gasteiger partial charge in [0, 0.05) is 31.6 Å². The number of aliphatic hydroxyl groups is 1. The smallest absolute Gasteiger partial charge is 0.352 e. The van der Waals surface area contributed by atoms with Crippen molar-refractivity contribution in [2.24, 2.45) is 50.9 Å². The van der Waals surface area contributed by atoms with Crippen molar-refractivity contribution in [1.82, 2.24) is 42.1 Å². The molecule has 0 aromatic heterocycles. The zero-order chi connectivity index (χ0) is 56.9. The maximum Gasteiger partial charge on any atom is 0.352 e. The molecule has 1 aliphatic heterocycles. The van der Waals surface area contributed by atoms with Crippen molar-refractivity contribution in [2.45, 2.75) is 132 Å². The van der Waals surface area contributed by atoms with Gasteiger partial charge in [-0.1, -0.05) is 24.6 Å². The summed E-state index contributed by atoms with van der Waals surface area (Å²) in [6.07, 6.45) is 2.45. The Morgan fingerprint density at radius 1 is 0.737 bits per heavy atom. The SMILES string of the molecule is C[C@H](NC(=O)[C@@H](NC(=O)[C@@H](N)CCCCN)[C@@H](O)CN)C(=O)NCC(=O)N[C@H](CCCN)C(=O)N1CCC[C@H]1C(=O)N[C@@H](Cc1ccc(C(N)=O)cc1)C(=O)N[C@@H](CCCCN)C(=O)N/C(=C\CCN=C(N)N)C(=O)O. The zero-order valence-corrected chi connectivity index (χ0v) is 42.9. The van der Waals surface area contributed by atoms with Crippen LogP contribution in [-0.2, 0) is 49.6 Å². The molecule has 1 fully saturated rings. The first-order valence-electron chi connectivity index (χ1n) is 25.1. The number of primary amides is 1. The molecule has 9 amide bonds. The van der Waals surface area contributed by atoms with E-state index in [9.17, 15) is 58.2 Å². The molecule has 424 valence electrons. The number of aliphatic carboxylic acids is 1. The van der Waals surface area contributed by atoms with Crippen LogP contribution in [0.25, 0.3) is 0 Å². The lowest BCUT2D eigenvalue weighted by atomic mass is 10.0. The number of hydrogen-bond donors (Lipinski definition) is 17. The Labute approximate surface area is 440 Å². The summed E-state index contributed by atoms with van der Waals surface area (Å²) in [4.78, 5) is 137. The average molecular weight is 1070 g/mol. The molecule has 1 aromatic rings. The van der Waals surface area contributed by atoms with Crippen LogP contribution in [0.2, 0.25) is 0 Å². The number of nitrogens with one attached hydrogen (secondary N) is 7. The molecule has 25 N–H and O–H groups in total. The fourth-order valence-corrected chi connectivity index (χ4v) is 7.76. The first kappa shape index (κ1) is 64.8. The van der Waals surface area contributed by atoms with E-state index in [0.29, 0.717) is 44.2 Å². The van der Waals surface area contributed by atoms with Crippen molar-refractivity contribution in [3.8, 4) is 0 Å². The maximum absolute atomic E-state index is 14.3. The number of hydrogen-bond acceptors (Lipinski definition) is 17. The van der Waals surface area contributed by atoms with E-state index in [1.807, 2.05) is 0 Å². The second kappa shape index (κ2) is 34.3. The molecule has 0 radical (unpaired) electrons. The van der Waals surface area contributed by atoms with E-state index < -0.39 is 126 Å². The van der Waals surface area contributed by atoms with Gasteiger partial charge in [0.2, 0.25) is 53.2 Å². The molecule has 1 heterocycles. The first-order chi connectivity index (χ1) is 36.1. The Morgan fingerprint density at radius 2 is 1.37 bits per heavy atom. The van der Waals surface area contributed by atoms with E-state index >= 15 is 0 Å². The van der Waals surface area contributed by atoms with Crippen molar-refractivity contribution in [3.05, 3.63) is 47.2 Å². The van der Waals surface area contributed by atoms with Crippen molar-refractivity contribution in [3.63, 3.8) is 0 Å². The molecule has 1 aliphatic rings. The van der Waals surface area contributed by atoms with Crippen LogP contribution in [0.15, 0.2) is 41.0 Å². The van der Waals surface area contributed by atoms with Gasteiger partial charge in [0.05, 0.1) is 18.7 Å². The van der Waals surface area contributed by atoms with Gasteiger partial charge in [-0.15, -0.1) is 0 Å². The van der Waals surface area contributed by atoms with Gasteiger partial charge < -0.3 is 98.2 Å². The van der Waals surface area contributed by atoms with Gasteiger partial charge in [0.15, 0.2) is 5.96 Å². The third kappa shape index (κ3) is 22.7. The lowest BCUT2D eigenvalue weighted by Crippen LogP contribution is -2.60. The summed E-state index contributed by atoms with van der Waals surface area (Å²) in [5.74, 6) is -8.96. The number of guanidine groups is 1. The Kier molecular flexibility index (Phi) is 29.2. The van der Waals surface area contributed by atoms with Gasteiger partial charge in [-0.05, 0) is 108 Å². The lowest BCUT2D eigenvalue weighted by molar-refractivity contribution is -0.142. The molecule has 0 saturated carbocycles. The highest BCUT2D eigenvalue weighted by Gasteiger charge is 2.40. The Balaban J connectivity index is 2.29. The normalized spacial score (nSPS) is 16.0. The number of carboxylic acid groups (broad SMARTS) is 1. The van der Waals surface area contributed by atoms with Crippen LogP contribution in [0.4, 0.5) is 0 Å². The molecular weight excluding hydrogens is 995 g/mol. The van der Waals surface area contributed by atoms with Crippen LogP contribution >= 0.6 is 0 Å². The number of aliphatic hydroxyl groups excluding tert-OH is 1. The third-order valence-electron chi connectivity index (χ3n) is 12.0. The van der Waals surface area contributed by atoms with Gasteiger partial charge in [0.25, 0.3) is 0 Å². The number of nitrogens with zero attached hydrogens (tertiary/aromatic N) is 2. The number of aliphatic imine (C=N–C) groups is 1. The van der Waals surface area contributed by atoms with E-state index in [1.54, 1.807) is 0 Å². The molecule has 2 rings (SSSR count). The van der Waals surface area contributed by atoms with Crippen LogP contribution in [0.3, 0.4) is 0 Å². The number of likely N-dealkylation sites (tertiary alicyclic amines) is 1. The minimum atomic E-state index is -1.58. The number of carboxylic acids is 1. The standard InChI is InChI=1S/C47H79N17O12/c1-26(58-44(73)37(35(65)24-51)63-40(69)29(52)9-2-4-18-48)39(68)57-25-36(66)59-31(11-6-20-50)45(74)64-22-8-13-34(64)43(72)62-33(23-27-14-16-28(17-15-27)38(53)67)42(71)60-30(10-3-5-19-49)41(70)61-32(46(75)76)12-7-21-56-47(54)55/h12,14-17,26,29-31,33-35,37,65H,2-11,13,18-25,48-52H2,1H3,(H2,53,67)(H,57,68)(H,58,73)(H,59,66)(H,60,71)(H,61,70)(H,62,72)(H,63,69)(H,75,76)(H4,54,55,56)/b32-12-/t26-,29-,30-,31+,33-,34-,35-,37-/m0/s1. The number of nitrogens with two attached hydrogens (primary N) is 8. The fraction of sp³-hybridized carbons (Fsp3) is 0.596. The average Bonchev–Trinajstić information content (AvgIpc) is 3.88. The summed E-state index contributed by atoms with van der Waals surface area (Å²) in [6.45, 7) is 1.04. The second-order valence-electron chi connectivity index (χ2n) is 18.0. The number of amides is 9. The van der Waals surface area contributed by atoms with Gasteiger partial charge in [-0.2, -0.15) is 0 Å². The highest BCUT2D eigenvalue weighted by Crippen LogP contribution is 2.21. The minimum Gasteiger partial charge on any atom is -0.477 e. The molecule has 0 aliphatic carbocycles. The maximum atomic E-state index is 14.3. The van der Waals surface area contributed by atoms with Crippen molar-refractivity contribution in [2.75, 3.05) is 45.8 Å². The van der Waals surface area contributed by atoms with Crippen molar-refractivity contribution >= 4 is 65.1 Å². The highest BCUT2D eigenvalue weighted by atomic mass is 16.4. The van der Waals surface area contributed by atoms with Crippen LogP contribution in [0.5, 0.6) is 0 Å². The summed E-state index contributed by atoms with van der Waals surface area (Å²) < 4.78 is 0. The molecule has 0 spiro atoms. The zero-order valence-electron chi connectivity index (χ0n) is 42.9. The Bertz CT molecular complexity index is 2190. The molecule has 29 nitrogen and oxygen atoms in total. The lowest BCUT2D eigenvalue weighted by Gasteiger charge is -2.30. The van der Waals surface area contributed by atoms with E-state index in [1.165, 1.54) is 42.2 Å². The summed E-state index contributed by atoms with van der Waals surface area (Å²) in [5, 5.41) is 37.5. The first-order valence-corrected chi connectivity index (χ1v) is 25.1. The molecule has 8 atom stereocenters. The molecule has 0 bridgehead atoms. The largest absolute Gasteiger partial charge is 0.477 e. The fourth-order valence-electron chi connectivity index (χ4n) is 7.76. The van der Waals surface area contributed by atoms with E-state index in [4.69, 9.17) is 45.9 Å². The molecule has 29 heteroatoms. The van der Waals surface area contributed by atoms with E-state index in [0.717, 1.165) is 0 Å². The molecular formula is C47H79N17O12. The van der Waals surface area contributed by atoms with Gasteiger partial charge in [-0.3, -0.25) is 48.1 Å². The van der Waals surface area contributed by atoms with Gasteiger partial charge in [-0.25, -0.2) is 4.79 Å². The molecule has 0 unspecified atom stereocenters. The van der Waals surface area contributed by atoms with Crippen molar-refractivity contribution < 1.29 is 58.2 Å². The van der Waals surface area contributed by atoms with Crippen LogP contribution in [0, 0.1) is 0 Å². The topological polar surface area (TPSA) is 519 Å². The number of unbranched alkanes of at least 4 members (excludes halogenated alkanes) is 2. The summed E-state index contributed by atoms with van der Waals surface area (Å²) in [6, 6.07) is -3.19. The number of carbonyl (C=O) groups is 10. The van der Waals surface area contributed by atoms with Crippen LogP contribution in [0.1, 0.15) is 93.5 Å². The summed E-state index contributed by atoms with van der Waals surface area (Å²) in [7, 11) is 0. The van der Waals surface area contributed by atoms with Gasteiger partial charge >= 0.3 is 5.97 Å². The minimum absolute atomic E-state index is 0.0119. The monoisotopic (exact) mass is 1070 g/mol. The van der Waals surface area contributed by atoms with E-state index in [2.05, 4.69) is 42.2 Å². The number of benzene rings is 1. The summed E-state index contributed by atoms with van der Waals surface area (Å²) >= 11 is 0. The van der Waals surface area contributed by atoms with Crippen LogP contribution < -0.4 is 83.1 Å². The second-order valence-corrected chi connectivity index (χ2v) is 18.0. The predicted molar refractivity (Wildman–Crippen MR) is 278 cm³/mol. The summed E-state index contributed by atoms with van der Waals surface area (Å²) in [5.41, 5.74) is 44.6. The highest BCUT2D eigenvalue weighted by molar-refractivity contribution is 5.99. The predicted octanol–water partition coefficient (Wildman–Crippen LogP) is -6.73. The molecule has 1 aromatic carbocycles. The Morgan fingerprint density at radius 3 is 1.96 bits per heavy atom. The number of rotatable bonds is 35. The van der Waals surface area contributed by atoms with Crippen molar-refractivity contribution in [1.29, 1.82) is 0 Å². The molecule has 76 heavy (non-hydrogen) atoms. The van der Waals surface area contributed by atoms with E-state index in [-0.39, 0.29) is 82.6 Å².